The second-order valence-corrected chi connectivity index (χ2v) is 6.64. The van der Waals surface area contributed by atoms with Crippen LogP contribution in [0.5, 0.6) is 0 Å². The van der Waals surface area contributed by atoms with E-state index >= 15 is 0 Å². The van der Waals surface area contributed by atoms with Crippen LogP contribution in [0.2, 0.25) is 10.0 Å². The molecular formula is C19H14Cl2FNO3. The van der Waals surface area contributed by atoms with Crippen molar-refractivity contribution in [3.63, 3.8) is 0 Å². The highest BCUT2D eigenvalue weighted by Gasteiger charge is 2.44. The molecule has 0 fully saturated rings. The van der Waals surface area contributed by atoms with E-state index < -0.39 is 29.3 Å². The number of hydrogen-bond donors (Lipinski definition) is 1. The monoisotopic (exact) mass is 393 g/mol. The fraction of sp³-hybridized carbons (Fsp3) is 0.158. The zero-order valence-corrected chi connectivity index (χ0v) is 15.2. The van der Waals surface area contributed by atoms with Crippen molar-refractivity contribution in [2.45, 2.75) is 19.4 Å². The van der Waals surface area contributed by atoms with E-state index in [0.29, 0.717) is 0 Å². The molecule has 0 aromatic heterocycles. The van der Waals surface area contributed by atoms with Gasteiger partial charge in [0.25, 0.3) is 5.91 Å². The van der Waals surface area contributed by atoms with Gasteiger partial charge in [-0.15, -0.1) is 0 Å². The van der Waals surface area contributed by atoms with Crippen LogP contribution in [0.25, 0.3) is 0 Å². The molecule has 1 aliphatic heterocycles. The maximum atomic E-state index is 14.5. The number of carbonyl (C=O) groups excluding carboxylic acids is 2. The minimum Gasteiger partial charge on any atom is -0.503 e. The molecule has 1 amide bonds. The molecule has 1 unspecified atom stereocenters. The van der Waals surface area contributed by atoms with Gasteiger partial charge in [-0.05, 0) is 24.3 Å². The van der Waals surface area contributed by atoms with Crippen molar-refractivity contribution in [3.05, 3.63) is 75.2 Å². The number of anilines is 1. The predicted molar refractivity (Wildman–Crippen MR) is 98.0 cm³/mol. The van der Waals surface area contributed by atoms with E-state index in [1.165, 1.54) is 36.4 Å². The third-order valence-electron chi connectivity index (χ3n) is 4.15. The number of nitrogens with zero attached hydrogens (tertiary/aromatic N) is 1. The molecule has 7 heteroatoms. The first-order chi connectivity index (χ1) is 12.3. The van der Waals surface area contributed by atoms with E-state index in [1.807, 2.05) is 0 Å². The zero-order valence-electron chi connectivity index (χ0n) is 13.7. The molecule has 0 aliphatic carbocycles. The van der Waals surface area contributed by atoms with Crippen LogP contribution in [-0.4, -0.2) is 16.8 Å². The molecule has 134 valence electrons. The number of aliphatic hydroxyl groups is 1. The minimum absolute atomic E-state index is 0.0573. The molecule has 0 spiro atoms. The second kappa shape index (κ2) is 7.09. The maximum Gasteiger partial charge on any atom is 0.294 e. The SMILES string of the molecule is CCC(=O)C1=C(O)C(=O)N(c2cc(Cl)cc(Cl)c2)C1c1ccccc1F. The van der Waals surface area contributed by atoms with Gasteiger partial charge in [-0.1, -0.05) is 48.3 Å². The largest absolute Gasteiger partial charge is 0.503 e. The van der Waals surface area contributed by atoms with E-state index in [9.17, 15) is 19.1 Å². The highest BCUT2D eigenvalue weighted by Crippen LogP contribution is 2.43. The summed E-state index contributed by atoms with van der Waals surface area (Å²) in [4.78, 5) is 26.2. The lowest BCUT2D eigenvalue weighted by Crippen LogP contribution is -2.31. The Kier molecular flexibility index (Phi) is 5.03. The number of amides is 1. The van der Waals surface area contributed by atoms with Gasteiger partial charge in [-0.2, -0.15) is 0 Å². The van der Waals surface area contributed by atoms with Crippen LogP contribution in [0.1, 0.15) is 24.9 Å². The average Bonchev–Trinajstić information content (AvgIpc) is 2.85. The number of rotatable bonds is 4. The van der Waals surface area contributed by atoms with Gasteiger partial charge in [0.2, 0.25) is 0 Å². The van der Waals surface area contributed by atoms with E-state index in [1.54, 1.807) is 13.0 Å². The van der Waals surface area contributed by atoms with Crippen LogP contribution in [0, 0.1) is 5.82 Å². The lowest BCUT2D eigenvalue weighted by atomic mass is 9.94. The van der Waals surface area contributed by atoms with Gasteiger partial charge in [0, 0.05) is 27.7 Å². The van der Waals surface area contributed by atoms with Crippen molar-refractivity contribution < 1.29 is 19.1 Å². The number of carbonyl (C=O) groups is 2. The molecule has 1 atom stereocenters. The fourth-order valence-electron chi connectivity index (χ4n) is 3.02. The number of hydrogen-bond acceptors (Lipinski definition) is 3. The standard InChI is InChI=1S/C19H14Cl2FNO3/c1-2-15(24)16-17(13-5-3-4-6-14(13)22)23(19(26)18(16)25)12-8-10(20)7-11(21)9-12/h3-9,17,25H,2H2,1H3. The summed E-state index contributed by atoms with van der Waals surface area (Å²) in [6.45, 7) is 1.60. The second-order valence-electron chi connectivity index (χ2n) is 5.77. The summed E-state index contributed by atoms with van der Waals surface area (Å²) in [6, 6.07) is 9.09. The molecule has 3 rings (SSSR count). The van der Waals surface area contributed by atoms with Crippen LogP contribution in [-0.2, 0) is 9.59 Å². The first-order valence-corrected chi connectivity index (χ1v) is 8.61. The van der Waals surface area contributed by atoms with Crippen molar-refractivity contribution in [2.24, 2.45) is 0 Å². The Bertz CT molecular complexity index is 922. The number of Topliss-reactive ketones (excluding diaryl/α,β-unsaturated/α-hetero) is 1. The summed E-state index contributed by atoms with van der Waals surface area (Å²) in [6.07, 6.45) is 0.0573. The van der Waals surface area contributed by atoms with Crippen LogP contribution < -0.4 is 4.90 Å². The summed E-state index contributed by atoms with van der Waals surface area (Å²) < 4.78 is 14.5. The number of aliphatic hydroxyl groups excluding tert-OH is 1. The number of benzene rings is 2. The Hall–Kier alpha value is -2.37. The third-order valence-corrected chi connectivity index (χ3v) is 4.59. The van der Waals surface area contributed by atoms with Crippen LogP contribution in [0.15, 0.2) is 53.8 Å². The summed E-state index contributed by atoms with van der Waals surface area (Å²) in [5.74, 6) is -2.55. The van der Waals surface area contributed by atoms with Crippen molar-refractivity contribution in [2.75, 3.05) is 4.90 Å². The summed E-state index contributed by atoms with van der Waals surface area (Å²) in [5, 5.41) is 10.9. The molecule has 0 bridgehead atoms. The molecule has 0 radical (unpaired) electrons. The molecule has 1 N–H and O–H groups in total. The number of ketones is 1. The molecular weight excluding hydrogens is 380 g/mol. The van der Waals surface area contributed by atoms with Gasteiger partial charge in [-0.25, -0.2) is 4.39 Å². The van der Waals surface area contributed by atoms with E-state index in [-0.39, 0.29) is 33.3 Å². The molecule has 2 aromatic rings. The quantitative estimate of drug-likeness (QED) is 0.793. The normalized spacial score (nSPS) is 17.2. The molecule has 1 heterocycles. The molecule has 2 aromatic carbocycles. The summed E-state index contributed by atoms with van der Waals surface area (Å²) in [5.41, 5.74) is 0.211. The summed E-state index contributed by atoms with van der Waals surface area (Å²) >= 11 is 12.0. The highest BCUT2D eigenvalue weighted by molar-refractivity contribution is 6.35. The van der Waals surface area contributed by atoms with E-state index in [2.05, 4.69) is 0 Å². The van der Waals surface area contributed by atoms with Gasteiger partial charge in [0.1, 0.15) is 5.82 Å². The Morgan fingerprint density at radius 3 is 2.38 bits per heavy atom. The molecule has 0 saturated heterocycles. The van der Waals surface area contributed by atoms with Crippen LogP contribution in [0.3, 0.4) is 0 Å². The number of halogens is 3. The van der Waals surface area contributed by atoms with Gasteiger partial charge < -0.3 is 5.11 Å². The lowest BCUT2D eigenvalue weighted by Gasteiger charge is -2.27. The maximum absolute atomic E-state index is 14.5. The first-order valence-electron chi connectivity index (χ1n) is 7.85. The third kappa shape index (κ3) is 3.08. The average molecular weight is 394 g/mol. The molecule has 4 nitrogen and oxygen atoms in total. The highest BCUT2D eigenvalue weighted by atomic mass is 35.5. The van der Waals surface area contributed by atoms with E-state index in [4.69, 9.17) is 23.2 Å². The molecule has 26 heavy (non-hydrogen) atoms. The van der Waals surface area contributed by atoms with Crippen molar-refractivity contribution in [1.29, 1.82) is 0 Å². The van der Waals surface area contributed by atoms with Gasteiger partial charge in [0.15, 0.2) is 11.5 Å². The van der Waals surface area contributed by atoms with Gasteiger partial charge in [-0.3, -0.25) is 14.5 Å². The van der Waals surface area contributed by atoms with Crippen molar-refractivity contribution in [1.82, 2.24) is 0 Å². The van der Waals surface area contributed by atoms with Gasteiger partial charge in [0.05, 0.1) is 11.6 Å². The van der Waals surface area contributed by atoms with Crippen molar-refractivity contribution in [3.8, 4) is 0 Å². The van der Waals surface area contributed by atoms with Crippen molar-refractivity contribution >= 4 is 40.6 Å². The fourth-order valence-corrected chi connectivity index (χ4v) is 3.53. The topological polar surface area (TPSA) is 57.6 Å². The Morgan fingerprint density at radius 2 is 1.81 bits per heavy atom. The molecule has 1 aliphatic rings. The Labute approximate surface area is 159 Å². The minimum atomic E-state index is -1.11. The zero-order chi connectivity index (χ0) is 19.0. The van der Waals surface area contributed by atoms with Crippen LogP contribution in [0.4, 0.5) is 10.1 Å². The smallest absolute Gasteiger partial charge is 0.294 e. The van der Waals surface area contributed by atoms with Gasteiger partial charge >= 0.3 is 0 Å². The van der Waals surface area contributed by atoms with Crippen LogP contribution >= 0.6 is 23.2 Å². The molecule has 0 saturated carbocycles. The predicted octanol–water partition coefficient (Wildman–Crippen LogP) is 5.01. The van der Waals surface area contributed by atoms with E-state index in [0.717, 1.165) is 4.90 Å². The first kappa shape index (κ1) is 18.4. The Morgan fingerprint density at radius 1 is 1.19 bits per heavy atom. The lowest BCUT2D eigenvalue weighted by molar-refractivity contribution is -0.118. The summed E-state index contributed by atoms with van der Waals surface area (Å²) in [7, 11) is 0. The Balaban J connectivity index is 2.25.